The first-order valence-corrected chi connectivity index (χ1v) is 13.1. The number of pyridine rings is 1. The molecule has 2 aliphatic rings. The van der Waals surface area contributed by atoms with Crippen LogP contribution in [0.5, 0.6) is 0 Å². The van der Waals surface area contributed by atoms with Crippen LogP contribution in [0.4, 0.5) is 8.78 Å². The molecule has 196 valence electrons. The second-order valence-corrected chi connectivity index (χ2v) is 11.1. The summed E-state index contributed by atoms with van der Waals surface area (Å²) in [6, 6.07) is 13.1. The Morgan fingerprint density at radius 2 is 1.84 bits per heavy atom. The number of nitrogens with zero attached hydrogens (tertiary/aromatic N) is 3. The van der Waals surface area contributed by atoms with E-state index in [0.717, 1.165) is 36.6 Å². The first-order chi connectivity index (χ1) is 18.2. The molecule has 1 unspecified atom stereocenters. The van der Waals surface area contributed by atoms with E-state index in [1.807, 2.05) is 23.0 Å². The number of benzene rings is 2. The van der Waals surface area contributed by atoms with Crippen LogP contribution in [-0.4, -0.2) is 32.3 Å². The number of aromatic nitrogens is 3. The van der Waals surface area contributed by atoms with E-state index in [4.69, 9.17) is 0 Å². The summed E-state index contributed by atoms with van der Waals surface area (Å²) in [4.78, 5) is 17.8. The van der Waals surface area contributed by atoms with E-state index in [0.29, 0.717) is 35.3 Å². The summed E-state index contributed by atoms with van der Waals surface area (Å²) in [5.74, 6) is -1.11. The van der Waals surface area contributed by atoms with E-state index in [1.165, 1.54) is 38.1 Å². The number of amides is 1. The van der Waals surface area contributed by atoms with Gasteiger partial charge in [-0.3, -0.25) is 9.48 Å². The van der Waals surface area contributed by atoms with Crippen molar-refractivity contribution in [2.75, 3.05) is 6.54 Å². The zero-order valence-corrected chi connectivity index (χ0v) is 21.4. The predicted octanol–water partition coefficient (Wildman–Crippen LogP) is 5.86. The molecule has 2 saturated carbocycles. The maximum absolute atomic E-state index is 15.5. The van der Waals surface area contributed by atoms with Gasteiger partial charge in [-0.25, -0.2) is 13.8 Å². The Morgan fingerprint density at radius 1 is 1.11 bits per heavy atom. The average Bonchev–Trinajstić information content (AvgIpc) is 3.82. The number of hydrogen-bond donors (Lipinski definition) is 2. The van der Waals surface area contributed by atoms with Crippen molar-refractivity contribution in [3.05, 3.63) is 83.2 Å². The number of aliphatic hydroxyl groups is 1. The molecular formula is C30H30F2N4O2. The molecule has 38 heavy (non-hydrogen) atoms. The number of carbonyl (C=O) groups excluding carboxylic acids is 1. The second kappa shape index (κ2) is 9.27. The van der Waals surface area contributed by atoms with Crippen molar-refractivity contribution in [1.29, 1.82) is 0 Å². The van der Waals surface area contributed by atoms with Gasteiger partial charge in [0, 0.05) is 46.4 Å². The van der Waals surface area contributed by atoms with E-state index >= 15 is 4.39 Å². The highest BCUT2D eigenvalue weighted by molar-refractivity contribution is 5.97. The molecule has 0 aliphatic heterocycles. The molecule has 2 aromatic carbocycles. The Labute approximate surface area is 219 Å². The number of nitrogens with one attached hydrogen (secondary N) is 1. The summed E-state index contributed by atoms with van der Waals surface area (Å²) in [6.45, 7) is 3.38. The van der Waals surface area contributed by atoms with Crippen molar-refractivity contribution < 1.29 is 18.7 Å². The molecule has 6 nitrogen and oxygen atoms in total. The van der Waals surface area contributed by atoms with Gasteiger partial charge in [-0.2, -0.15) is 5.10 Å². The number of fused-ring (bicyclic) bond motifs is 1. The first kappa shape index (κ1) is 24.7. The van der Waals surface area contributed by atoms with Gasteiger partial charge in [0.1, 0.15) is 11.5 Å². The minimum atomic E-state index is -1.45. The third-order valence-electron chi connectivity index (χ3n) is 7.51. The molecule has 2 N–H and O–H groups in total. The van der Waals surface area contributed by atoms with Crippen molar-refractivity contribution in [2.45, 2.75) is 57.1 Å². The molecule has 2 aromatic heterocycles. The topological polar surface area (TPSA) is 80.0 Å². The molecule has 0 spiro atoms. The fraction of sp³-hybridized carbons (Fsp3) is 0.367. The number of carbonyl (C=O) groups is 1. The van der Waals surface area contributed by atoms with Crippen molar-refractivity contribution in [3.8, 4) is 11.3 Å². The number of rotatable bonds is 8. The molecule has 2 heterocycles. The molecule has 1 atom stereocenters. The highest BCUT2D eigenvalue weighted by Crippen LogP contribution is 2.43. The molecule has 4 aromatic rings. The van der Waals surface area contributed by atoms with Crippen molar-refractivity contribution in [3.63, 3.8) is 0 Å². The van der Waals surface area contributed by atoms with Gasteiger partial charge in [0.2, 0.25) is 0 Å². The molecule has 2 fully saturated rings. The van der Waals surface area contributed by atoms with E-state index in [9.17, 15) is 14.3 Å². The van der Waals surface area contributed by atoms with Gasteiger partial charge in [0.15, 0.2) is 5.82 Å². The van der Waals surface area contributed by atoms with Gasteiger partial charge in [-0.1, -0.05) is 0 Å². The molecular weight excluding hydrogens is 486 g/mol. The zero-order valence-electron chi connectivity index (χ0n) is 21.4. The second-order valence-electron chi connectivity index (χ2n) is 11.1. The predicted molar refractivity (Wildman–Crippen MR) is 141 cm³/mol. The Morgan fingerprint density at radius 3 is 2.50 bits per heavy atom. The van der Waals surface area contributed by atoms with Crippen molar-refractivity contribution >= 4 is 16.8 Å². The largest absolute Gasteiger partial charge is 0.386 e. The Balaban J connectivity index is 1.28. The summed E-state index contributed by atoms with van der Waals surface area (Å²) < 4.78 is 31.1. The summed E-state index contributed by atoms with van der Waals surface area (Å²) in [6.07, 6.45) is 6.23. The Hall–Kier alpha value is -3.65. The fourth-order valence-electron chi connectivity index (χ4n) is 5.01. The van der Waals surface area contributed by atoms with Crippen LogP contribution in [0.15, 0.2) is 54.7 Å². The van der Waals surface area contributed by atoms with E-state index in [-0.39, 0.29) is 23.1 Å². The normalized spacial score (nSPS) is 16.6. The lowest BCUT2D eigenvalue weighted by Gasteiger charge is -2.24. The van der Waals surface area contributed by atoms with Crippen LogP contribution >= 0.6 is 0 Å². The van der Waals surface area contributed by atoms with Crippen LogP contribution in [-0.2, 0) is 5.60 Å². The number of halogens is 2. The first-order valence-electron chi connectivity index (χ1n) is 13.1. The molecule has 8 heteroatoms. The fourth-order valence-corrected chi connectivity index (χ4v) is 5.01. The van der Waals surface area contributed by atoms with E-state index in [2.05, 4.69) is 15.4 Å². The molecule has 0 bridgehead atoms. The summed E-state index contributed by atoms with van der Waals surface area (Å²) in [5, 5.41) is 19.3. The van der Waals surface area contributed by atoms with Crippen LogP contribution < -0.4 is 5.32 Å². The lowest BCUT2D eigenvalue weighted by Crippen LogP contribution is -2.30. The van der Waals surface area contributed by atoms with Gasteiger partial charge in [-0.05, 0) is 94.0 Å². The minimum Gasteiger partial charge on any atom is -0.386 e. The van der Waals surface area contributed by atoms with Crippen LogP contribution in [0.2, 0.25) is 0 Å². The van der Waals surface area contributed by atoms with Crippen LogP contribution in [0.25, 0.3) is 22.2 Å². The van der Waals surface area contributed by atoms with Crippen molar-refractivity contribution in [2.24, 2.45) is 5.92 Å². The highest BCUT2D eigenvalue weighted by Gasteiger charge is 2.36. The van der Waals surface area contributed by atoms with E-state index < -0.39 is 17.2 Å². The third kappa shape index (κ3) is 4.92. The lowest BCUT2D eigenvalue weighted by atomic mass is 9.90. The SMILES string of the molecule is CC(C)(O)c1cc(C(CNC(=O)c2ccc3nn(C4CC4)cc3c2)C2CC2)nc(-c2ccc(F)cc2)c1F. The molecule has 6 rings (SSSR count). The van der Waals surface area contributed by atoms with Gasteiger partial charge in [0.25, 0.3) is 5.91 Å². The third-order valence-corrected chi connectivity index (χ3v) is 7.51. The quantitative estimate of drug-likeness (QED) is 0.307. The Bertz CT molecular complexity index is 1520. The average molecular weight is 517 g/mol. The lowest BCUT2D eigenvalue weighted by molar-refractivity contribution is 0.0742. The smallest absolute Gasteiger partial charge is 0.251 e. The summed E-state index contributed by atoms with van der Waals surface area (Å²) in [7, 11) is 0. The summed E-state index contributed by atoms with van der Waals surface area (Å²) in [5.41, 5.74) is 1.19. The molecule has 0 radical (unpaired) electrons. The monoisotopic (exact) mass is 516 g/mol. The molecule has 0 saturated heterocycles. The van der Waals surface area contributed by atoms with Gasteiger partial charge < -0.3 is 10.4 Å². The van der Waals surface area contributed by atoms with Gasteiger partial charge >= 0.3 is 0 Å². The maximum Gasteiger partial charge on any atom is 0.251 e. The van der Waals surface area contributed by atoms with Crippen LogP contribution in [0, 0.1) is 17.6 Å². The van der Waals surface area contributed by atoms with Gasteiger partial charge in [0.05, 0.1) is 17.2 Å². The van der Waals surface area contributed by atoms with Crippen LogP contribution in [0.1, 0.15) is 73.1 Å². The summed E-state index contributed by atoms with van der Waals surface area (Å²) >= 11 is 0. The highest BCUT2D eigenvalue weighted by atomic mass is 19.1. The standard InChI is InChI=1S/C30H30F2N4O2/c1-30(2,38)24-14-26(34-28(27(24)32)18-5-8-21(31)9-6-18)23(17-3-4-17)15-33-29(37)19-7-12-25-20(13-19)16-36(35-25)22-10-11-22/h5-9,12-14,16-17,22-23,38H,3-4,10-11,15H2,1-2H3,(H,33,37). The number of hydrogen-bond acceptors (Lipinski definition) is 4. The van der Waals surface area contributed by atoms with E-state index in [1.54, 1.807) is 12.1 Å². The van der Waals surface area contributed by atoms with Crippen LogP contribution in [0.3, 0.4) is 0 Å². The Kier molecular flexibility index (Phi) is 6.02. The van der Waals surface area contributed by atoms with Crippen molar-refractivity contribution in [1.82, 2.24) is 20.1 Å². The van der Waals surface area contributed by atoms with Gasteiger partial charge in [-0.15, -0.1) is 0 Å². The molecule has 1 amide bonds. The zero-order chi connectivity index (χ0) is 26.6. The maximum atomic E-state index is 15.5. The minimum absolute atomic E-state index is 0.0646. The molecule has 2 aliphatic carbocycles.